The summed E-state index contributed by atoms with van der Waals surface area (Å²) in [7, 11) is 0. The van der Waals surface area contributed by atoms with Crippen LogP contribution in [-0.2, 0) is 0 Å². The number of benzene rings is 1. The second-order valence-corrected chi connectivity index (χ2v) is 5.71. The van der Waals surface area contributed by atoms with Crippen LogP contribution in [0.15, 0.2) is 35.7 Å². The molecule has 1 nitrogen and oxygen atoms in total. The second kappa shape index (κ2) is 6.17. The predicted molar refractivity (Wildman–Crippen MR) is 81.2 cm³/mol. The second-order valence-electron chi connectivity index (χ2n) is 4.59. The van der Waals surface area contributed by atoms with Crippen LogP contribution >= 0.6 is 11.3 Å². The van der Waals surface area contributed by atoms with Crippen molar-refractivity contribution in [3.8, 4) is 11.1 Å². The zero-order valence-electron chi connectivity index (χ0n) is 11.4. The summed E-state index contributed by atoms with van der Waals surface area (Å²) in [5.41, 5.74) is 4.06. The maximum Gasteiger partial charge on any atom is 0.0317 e. The molecule has 0 saturated heterocycles. The average molecular weight is 259 g/mol. The predicted octanol–water partition coefficient (Wildman–Crippen LogP) is 4.78. The number of nitrogens with one attached hydrogen (secondary N) is 1. The van der Waals surface area contributed by atoms with Crippen LogP contribution < -0.4 is 5.32 Å². The van der Waals surface area contributed by atoms with Crippen LogP contribution in [0, 0.1) is 6.92 Å². The minimum Gasteiger partial charge on any atom is -0.310 e. The van der Waals surface area contributed by atoms with E-state index in [2.05, 4.69) is 61.8 Å². The Balaban J connectivity index is 2.29. The van der Waals surface area contributed by atoms with Crippen molar-refractivity contribution in [2.75, 3.05) is 6.54 Å². The molecule has 0 aliphatic carbocycles. The first-order chi connectivity index (χ1) is 8.74. The van der Waals surface area contributed by atoms with Gasteiger partial charge in [0.05, 0.1) is 0 Å². The molecule has 0 aliphatic rings. The fourth-order valence-electron chi connectivity index (χ4n) is 2.27. The smallest absolute Gasteiger partial charge is 0.0317 e. The van der Waals surface area contributed by atoms with Crippen molar-refractivity contribution in [2.24, 2.45) is 0 Å². The maximum absolute atomic E-state index is 3.54. The Morgan fingerprint density at radius 2 is 2.00 bits per heavy atom. The van der Waals surface area contributed by atoms with Crippen molar-refractivity contribution >= 4 is 11.3 Å². The Bertz CT molecular complexity index is 501. The molecule has 0 fully saturated rings. The maximum atomic E-state index is 3.54. The van der Waals surface area contributed by atoms with E-state index < -0.39 is 0 Å². The third-order valence-corrected chi connectivity index (χ3v) is 4.07. The van der Waals surface area contributed by atoms with Crippen LogP contribution in [-0.4, -0.2) is 6.54 Å². The van der Waals surface area contributed by atoms with E-state index in [0.717, 1.165) is 13.0 Å². The van der Waals surface area contributed by atoms with E-state index in [1.54, 1.807) is 0 Å². The van der Waals surface area contributed by atoms with Gasteiger partial charge in [0.15, 0.2) is 0 Å². The van der Waals surface area contributed by atoms with Gasteiger partial charge in [-0.1, -0.05) is 32.0 Å². The monoisotopic (exact) mass is 259 g/mol. The minimum atomic E-state index is 0.467. The molecule has 96 valence electrons. The summed E-state index contributed by atoms with van der Waals surface area (Å²) in [4.78, 5) is 1.37. The SMILES string of the molecule is CCNC(CC)c1cccc(-c2csc(C)c2)c1. The van der Waals surface area contributed by atoms with Crippen LogP contribution in [0.25, 0.3) is 11.1 Å². The number of rotatable bonds is 5. The van der Waals surface area contributed by atoms with Gasteiger partial charge in [-0.3, -0.25) is 0 Å². The molecule has 1 heterocycles. The molecule has 0 bridgehead atoms. The van der Waals surface area contributed by atoms with Crippen molar-refractivity contribution in [3.63, 3.8) is 0 Å². The highest BCUT2D eigenvalue weighted by Gasteiger charge is 2.09. The lowest BCUT2D eigenvalue weighted by Crippen LogP contribution is -2.19. The molecule has 2 heteroatoms. The third kappa shape index (κ3) is 3.01. The third-order valence-electron chi connectivity index (χ3n) is 3.21. The van der Waals surface area contributed by atoms with Gasteiger partial charge in [0.25, 0.3) is 0 Å². The molecule has 18 heavy (non-hydrogen) atoms. The molecule has 0 radical (unpaired) electrons. The van der Waals surface area contributed by atoms with Gasteiger partial charge in [-0.05, 0) is 54.1 Å². The quantitative estimate of drug-likeness (QED) is 0.814. The Morgan fingerprint density at radius 1 is 1.17 bits per heavy atom. The van der Waals surface area contributed by atoms with Gasteiger partial charge in [0, 0.05) is 10.9 Å². The summed E-state index contributed by atoms with van der Waals surface area (Å²) in [6, 6.07) is 11.6. The summed E-state index contributed by atoms with van der Waals surface area (Å²) >= 11 is 1.81. The largest absolute Gasteiger partial charge is 0.310 e. The molecule has 1 atom stereocenters. The van der Waals surface area contributed by atoms with Crippen molar-refractivity contribution in [3.05, 3.63) is 46.2 Å². The molecule has 1 aromatic heterocycles. The molecule has 2 rings (SSSR count). The summed E-state index contributed by atoms with van der Waals surface area (Å²) in [6.07, 6.45) is 1.12. The Labute approximate surface area is 114 Å². The van der Waals surface area contributed by atoms with Crippen LogP contribution in [0.2, 0.25) is 0 Å². The van der Waals surface area contributed by atoms with Gasteiger partial charge >= 0.3 is 0 Å². The van der Waals surface area contributed by atoms with Crippen LogP contribution in [0.1, 0.15) is 36.8 Å². The first-order valence-corrected chi connectivity index (χ1v) is 7.51. The van der Waals surface area contributed by atoms with Crippen LogP contribution in [0.3, 0.4) is 0 Å². The molecule has 1 N–H and O–H groups in total. The Hall–Kier alpha value is -1.12. The van der Waals surface area contributed by atoms with E-state index in [4.69, 9.17) is 0 Å². The van der Waals surface area contributed by atoms with E-state index in [1.807, 2.05) is 11.3 Å². The normalized spacial score (nSPS) is 12.6. The molecule has 1 unspecified atom stereocenters. The highest BCUT2D eigenvalue weighted by atomic mass is 32.1. The van der Waals surface area contributed by atoms with E-state index in [1.165, 1.54) is 21.6 Å². The number of thiophene rings is 1. The van der Waals surface area contributed by atoms with E-state index in [9.17, 15) is 0 Å². The van der Waals surface area contributed by atoms with Gasteiger partial charge in [-0.25, -0.2) is 0 Å². The average Bonchev–Trinajstić information content (AvgIpc) is 2.83. The lowest BCUT2D eigenvalue weighted by Gasteiger charge is -2.17. The summed E-state index contributed by atoms with van der Waals surface area (Å²) in [5.74, 6) is 0. The summed E-state index contributed by atoms with van der Waals surface area (Å²) in [5, 5.41) is 5.77. The molecule has 0 spiro atoms. The number of hydrogen-bond donors (Lipinski definition) is 1. The summed E-state index contributed by atoms with van der Waals surface area (Å²) in [6.45, 7) is 7.56. The molecular weight excluding hydrogens is 238 g/mol. The first-order valence-electron chi connectivity index (χ1n) is 6.63. The van der Waals surface area contributed by atoms with Gasteiger partial charge in [-0.15, -0.1) is 11.3 Å². The van der Waals surface area contributed by atoms with Gasteiger partial charge in [-0.2, -0.15) is 0 Å². The van der Waals surface area contributed by atoms with Crippen molar-refractivity contribution in [1.82, 2.24) is 5.32 Å². The molecule has 1 aromatic carbocycles. The van der Waals surface area contributed by atoms with E-state index in [-0.39, 0.29) is 0 Å². The van der Waals surface area contributed by atoms with Gasteiger partial charge in [0.2, 0.25) is 0 Å². The van der Waals surface area contributed by atoms with Crippen molar-refractivity contribution in [2.45, 2.75) is 33.2 Å². The lowest BCUT2D eigenvalue weighted by molar-refractivity contribution is 0.537. The van der Waals surface area contributed by atoms with Crippen LogP contribution in [0.5, 0.6) is 0 Å². The van der Waals surface area contributed by atoms with E-state index >= 15 is 0 Å². The van der Waals surface area contributed by atoms with Gasteiger partial charge in [0.1, 0.15) is 0 Å². The van der Waals surface area contributed by atoms with Crippen molar-refractivity contribution < 1.29 is 0 Å². The molecule has 0 saturated carbocycles. The van der Waals surface area contributed by atoms with E-state index in [0.29, 0.717) is 6.04 Å². The van der Waals surface area contributed by atoms with Gasteiger partial charge < -0.3 is 5.32 Å². The molecule has 2 aromatic rings. The molecule has 0 amide bonds. The van der Waals surface area contributed by atoms with Crippen molar-refractivity contribution in [1.29, 1.82) is 0 Å². The fourth-order valence-corrected chi connectivity index (χ4v) is 2.99. The first kappa shape index (κ1) is 13.3. The zero-order valence-corrected chi connectivity index (χ0v) is 12.2. The number of hydrogen-bond acceptors (Lipinski definition) is 2. The molecule has 0 aliphatic heterocycles. The minimum absolute atomic E-state index is 0.467. The number of aryl methyl sites for hydroxylation is 1. The lowest BCUT2D eigenvalue weighted by atomic mass is 9.99. The molecular formula is C16H21NS. The topological polar surface area (TPSA) is 12.0 Å². The Morgan fingerprint density at radius 3 is 2.61 bits per heavy atom. The standard InChI is InChI=1S/C16H21NS/c1-4-16(17-5-2)14-8-6-7-13(10-14)15-9-12(3)18-11-15/h6-11,16-17H,4-5H2,1-3H3. The highest BCUT2D eigenvalue weighted by molar-refractivity contribution is 7.10. The zero-order chi connectivity index (χ0) is 13.0. The Kier molecular flexibility index (Phi) is 4.56. The fraction of sp³-hybridized carbons (Fsp3) is 0.375. The highest BCUT2D eigenvalue weighted by Crippen LogP contribution is 2.28. The summed E-state index contributed by atoms with van der Waals surface area (Å²) < 4.78 is 0. The van der Waals surface area contributed by atoms with Crippen LogP contribution in [0.4, 0.5) is 0 Å².